The van der Waals surface area contributed by atoms with E-state index in [1.807, 2.05) is 6.07 Å². The van der Waals surface area contributed by atoms with Crippen LogP contribution in [-0.2, 0) is 11.2 Å². The largest absolute Gasteiger partial charge is 0.352 e. The summed E-state index contributed by atoms with van der Waals surface area (Å²) in [6.45, 7) is 0.776. The van der Waals surface area contributed by atoms with E-state index in [1.165, 1.54) is 25.0 Å². The molecule has 1 aromatic rings. The molecule has 0 bridgehead atoms. The van der Waals surface area contributed by atoms with Gasteiger partial charge in [-0.1, -0.05) is 6.07 Å². The van der Waals surface area contributed by atoms with Gasteiger partial charge >= 0.3 is 0 Å². The highest BCUT2D eigenvalue weighted by Gasteiger charge is 2.22. The summed E-state index contributed by atoms with van der Waals surface area (Å²) >= 11 is 0. The molecule has 0 atom stereocenters. The average molecular weight is 245 g/mol. The van der Waals surface area contributed by atoms with E-state index in [-0.39, 0.29) is 11.7 Å². The van der Waals surface area contributed by atoms with Crippen molar-refractivity contribution in [3.05, 3.63) is 41.2 Å². The van der Waals surface area contributed by atoms with E-state index in [9.17, 15) is 9.18 Å². The van der Waals surface area contributed by atoms with E-state index < -0.39 is 0 Å². The van der Waals surface area contributed by atoms with Crippen molar-refractivity contribution in [3.8, 4) is 0 Å². The van der Waals surface area contributed by atoms with Crippen LogP contribution in [0.4, 0.5) is 4.39 Å². The fourth-order valence-electron chi connectivity index (χ4n) is 2.40. The predicted molar refractivity (Wildman–Crippen MR) is 68.4 cm³/mol. The number of fused-ring (bicyclic) bond motifs is 1. The van der Waals surface area contributed by atoms with Crippen LogP contribution < -0.4 is 5.32 Å². The standard InChI is InChI=1S/C15H16FNO/c16-13-6-5-11-3-4-12(14(11)8-13)7-15(18)17-9-10-1-2-10/h5-8,10H,1-4,9H2,(H,17,18). The Hall–Kier alpha value is -1.64. The molecule has 2 aliphatic rings. The first-order valence-electron chi connectivity index (χ1n) is 6.49. The highest BCUT2D eigenvalue weighted by Crippen LogP contribution is 2.32. The number of carbonyl (C=O) groups excluding carboxylic acids is 1. The van der Waals surface area contributed by atoms with E-state index in [4.69, 9.17) is 0 Å². The number of benzene rings is 1. The van der Waals surface area contributed by atoms with Crippen molar-refractivity contribution in [1.29, 1.82) is 0 Å². The summed E-state index contributed by atoms with van der Waals surface area (Å²) in [6.07, 6.45) is 5.82. The molecule has 0 unspecified atom stereocenters. The topological polar surface area (TPSA) is 29.1 Å². The minimum atomic E-state index is -0.236. The number of carbonyl (C=O) groups is 1. The molecule has 1 aromatic carbocycles. The van der Waals surface area contributed by atoms with Crippen LogP contribution in [0.2, 0.25) is 0 Å². The Morgan fingerprint density at radius 1 is 1.39 bits per heavy atom. The highest BCUT2D eigenvalue weighted by atomic mass is 19.1. The quantitative estimate of drug-likeness (QED) is 0.815. The Morgan fingerprint density at radius 2 is 2.22 bits per heavy atom. The number of nitrogens with one attached hydrogen (secondary N) is 1. The van der Waals surface area contributed by atoms with Crippen LogP contribution in [0.25, 0.3) is 5.57 Å². The van der Waals surface area contributed by atoms with Gasteiger partial charge in [-0.25, -0.2) is 4.39 Å². The van der Waals surface area contributed by atoms with Gasteiger partial charge in [0, 0.05) is 12.6 Å². The summed E-state index contributed by atoms with van der Waals surface area (Å²) in [5.74, 6) is 0.398. The average Bonchev–Trinajstić information content (AvgIpc) is 3.11. The van der Waals surface area contributed by atoms with Crippen LogP contribution in [0.5, 0.6) is 0 Å². The van der Waals surface area contributed by atoms with E-state index in [0.29, 0.717) is 5.92 Å². The third-order valence-corrected chi connectivity index (χ3v) is 3.65. The lowest BCUT2D eigenvalue weighted by molar-refractivity contribution is -0.116. The number of rotatable bonds is 3. The maximum atomic E-state index is 13.2. The number of hydrogen-bond donors (Lipinski definition) is 1. The van der Waals surface area contributed by atoms with Crippen molar-refractivity contribution in [2.75, 3.05) is 6.54 Å². The molecule has 3 rings (SSSR count). The lowest BCUT2D eigenvalue weighted by Crippen LogP contribution is -2.23. The van der Waals surface area contributed by atoms with Gasteiger partial charge in [0.2, 0.25) is 5.91 Å². The minimum absolute atomic E-state index is 0.0472. The zero-order valence-electron chi connectivity index (χ0n) is 10.2. The van der Waals surface area contributed by atoms with Gasteiger partial charge in [-0.15, -0.1) is 0 Å². The van der Waals surface area contributed by atoms with Crippen LogP contribution in [0.3, 0.4) is 0 Å². The van der Waals surface area contributed by atoms with Crippen molar-refractivity contribution < 1.29 is 9.18 Å². The maximum absolute atomic E-state index is 13.2. The molecule has 2 nitrogen and oxygen atoms in total. The summed E-state index contributed by atoms with van der Waals surface area (Å²) in [6, 6.07) is 4.82. The van der Waals surface area contributed by atoms with Crippen molar-refractivity contribution in [2.45, 2.75) is 25.7 Å². The first-order chi connectivity index (χ1) is 8.72. The molecule has 0 aromatic heterocycles. The molecule has 1 amide bonds. The van der Waals surface area contributed by atoms with Crippen molar-refractivity contribution in [2.24, 2.45) is 5.92 Å². The molecule has 2 aliphatic carbocycles. The highest BCUT2D eigenvalue weighted by molar-refractivity contribution is 5.96. The Labute approximate surface area is 106 Å². The first-order valence-corrected chi connectivity index (χ1v) is 6.49. The van der Waals surface area contributed by atoms with Gasteiger partial charge < -0.3 is 5.32 Å². The summed E-state index contributed by atoms with van der Waals surface area (Å²) in [5.41, 5.74) is 2.99. The second-order valence-electron chi connectivity index (χ2n) is 5.16. The number of amides is 1. The molecule has 1 N–H and O–H groups in total. The van der Waals surface area contributed by atoms with Gasteiger partial charge in [0.05, 0.1) is 0 Å². The predicted octanol–water partition coefficient (Wildman–Crippen LogP) is 2.68. The molecule has 0 heterocycles. The van der Waals surface area contributed by atoms with Crippen LogP contribution >= 0.6 is 0 Å². The Kier molecular flexibility index (Phi) is 2.90. The number of hydrogen-bond acceptors (Lipinski definition) is 1. The van der Waals surface area contributed by atoms with Crippen LogP contribution in [-0.4, -0.2) is 12.5 Å². The second kappa shape index (κ2) is 4.56. The molecule has 0 spiro atoms. The normalized spacial score (nSPS) is 19.9. The zero-order chi connectivity index (χ0) is 12.5. The van der Waals surface area contributed by atoms with Gasteiger partial charge in [-0.05, 0) is 60.4 Å². The van der Waals surface area contributed by atoms with Crippen LogP contribution in [0.15, 0.2) is 24.3 Å². The third-order valence-electron chi connectivity index (χ3n) is 3.65. The molecular formula is C15H16FNO. The first kappa shape index (κ1) is 11.5. The Balaban J connectivity index is 1.73. The molecule has 1 fully saturated rings. The lowest BCUT2D eigenvalue weighted by atomic mass is 10.1. The molecule has 0 aliphatic heterocycles. The van der Waals surface area contributed by atoms with E-state index >= 15 is 0 Å². The van der Waals surface area contributed by atoms with E-state index in [0.717, 1.165) is 36.1 Å². The fraction of sp³-hybridized carbons (Fsp3) is 0.400. The summed E-state index contributed by atoms with van der Waals surface area (Å²) < 4.78 is 13.2. The molecule has 0 radical (unpaired) electrons. The molecular weight excluding hydrogens is 229 g/mol. The van der Waals surface area contributed by atoms with E-state index in [2.05, 4.69) is 5.32 Å². The molecule has 18 heavy (non-hydrogen) atoms. The van der Waals surface area contributed by atoms with Crippen molar-refractivity contribution in [3.63, 3.8) is 0 Å². The molecule has 1 saturated carbocycles. The fourth-order valence-corrected chi connectivity index (χ4v) is 2.40. The molecule has 0 saturated heterocycles. The van der Waals surface area contributed by atoms with Crippen molar-refractivity contribution >= 4 is 11.5 Å². The Morgan fingerprint density at radius 3 is 3.00 bits per heavy atom. The van der Waals surface area contributed by atoms with Gasteiger partial charge in [0.25, 0.3) is 0 Å². The van der Waals surface area contributed by atoms with Gasteiger partial charge in [0.15, 0.2) is 0 Å². The molecule has 94 valence electrons. The SMILES string of the molecule is O=C(C=C1CCc2ccc(F)cc21)NCC1CC1. The van der Waals surface area contributed by atoms with Gasteiger partial charge in [-0.2, -0.15) is 0 Å². The van der Waals surface area contributed by atoms with Crippen molar-refractivity contribution in [1.82, 2.24) is 5.32 Å². The van der Waals surface area contributed by atoms with Crippen LogP contribution in [0.1, 0.15) is 30.4 Å². The van der Waals surface area contributed by atoms with E-state index in [1.54, 1.807) is 6.08 Å². The second-order valence-corrected chi connectivity index (χ2v) is 5.16. The van der Waals surface area contributed by atoms with Gasteiger partial charge in [-0.3, -0.25) is 4.79 Å². The smallest absolute Gasteiger partial charge is 0.244 e. The number of halogens is 1. The minimum Gasteiger partial charge on any atom is -0.352 e. The summed E-state index contributed by atoms with van der Waals surface area (Å²) in [7, 11) is 0. The van der Waals surface area contributed by atoms with Crippen LogP contribution in [0, 0.1) is 11.7 Å². The third kappa shape index (κ3) is 2.45. The number of aryl methyl sites for hydroxylation is 1. The monoisotopic (exact) mass is 245 g/mol. The zero-order valence-corrected chi connectivity index (χ0v) is 10.2. The number of allylic oxidation sites excluding steroid dienone is 1. The maximum Gasteiger partial charge on any atom is 0.244 e. The molecule has 3 heteroatoms. The summed E-state index contributed by atoms with van der Waals surface area (Å²) in [5, 5.41) is 2.91. The summed E-state index contributed by atoms with van der Waals surface area (Å²) in [4.78, 5) is 11.7. The lowest BCUT2D eigenvalue weighted by Gasteiger charge is -2.03. The van der Waals surface area contributed by atoms with Gasteiger partial charge in [0.1, 0.15) is 5.82 Å². The Bertz CT molecular complexity index is 517.